The van der Waals surface area contributed by atoms with E-state index in [1.54, 1.807) is 6.92 Å². The van der Waals surface area contributed by atoms with Crippen molar-refractivity contribution in [2.75, 3.05) is 18.8 Å². The maximum Gasteiger partial charge on any atom is 0.223 e. The Morgan fingerprint density at radius 1 is 1.07 bits per heavy atom. The van der Waals surface area contributed by atoms with Crippen molar-refractivity contribution in [2.24, 2.45) is 5.92 Å². The largest absolute Gasteiger partial charge is 0.345 e. The molecule has 150 valence electrons. The number of hydrogen-bond acceptors (Lipinski definition) is 3. The van der Waals surface area contributed by atoms with Gasteiger partial charge in [0.25, 0.3) is 0 Å². The Balaban J connectivity index is 1.74. The first kappa shape index (κ1) is 20.6. The van der Waals surface area contributed by atoms with Gasteiger partial charge in [-0.3, -0.25) is 4.79 Å². The number of amides is 1. The molecule has 0 radical (unpaired) electrons. The number of rotatable bonds is 6. The second-order valence-corrected chi connectivity index (χ2v) is 9.60. The lowest BCUT2D eigenvalue weighted by Gasteiger charge is -2.31. The van der Waals surface area contributed by atoms with Gasteiger partial charge in [-0.05, 0) is 37.8 Å². The maximum absolute atomic E-state index is 13.0. The van der Waals surface area contributed by atoms with Gasteiger partial charge in [0.2, 0.25) is 15.9 Å². The summed E-state index contributed by atoms with van der Waals surface area (Å²) in [4.78, 5) is 13.0. The molecule has 2 aromatic carbocycles. The van der Waals surface area contributed by atoms with Gasteiger partial charge in [0.1, 0.15) is 0 Å². The highest BCUT2D eigenvalue weighted by atomic mass is 32.2. The minimum Gasteiger partial charge on any atom is -0.345 e. The summed E-state index contributed by atoms with van der Waals surface area (Å²) in [6, 6.07) is 17.9. The molecule has 1 aliphatic heterocycles. The monoisotopic (exact) mass is 400 g/mol. The van der Waals surface area contributed by atoms with Crippen LogP contribution in [0.4, 0.5) is 0 Å². The van der Waals surface area contributed by atoms with Crippen molar-refractivity contribution in [3.05, 3.63) is 71.3 Å². The van der Waals surface area contributed by atoms with E-state index in [2.05, 4.69) is 11.4 Å². The van der Waals surface area contributed by atoms with Crippen molar-refractivity contribution >= 4 is 15.9 Å². The highest BCUT2D eigenvalue weighted by Crippen LogP contribution is 2.26. The number of carbonyl (C=O) groups excluding carboxylic acids is 1. The molecule has 28 heavy (non-hydrogen) atoms. The van der Waals surface area contributed by atoms with E-state index < -0.39 is 10.0 Å². The minimum absolute atomic E-state index is 0.0103. The molecule has 1 atom stereocenters. The van der Waals surface area contributed by atoms with Gasteiger partial charge in [0, 0.05) is 19.0 Å². The van der Waals surface area contributed by atoms with E-state index in [9.17, 15) is 13.2 Å². The molecule has 1 aliphatic rings. The zero-order chi connectivity index (χ0) is 20.1. The van der Waals surface area contributed by atoms with E-state index >= 15 is 0 Å². The van der Waals surface area contributed by atoms with E-state index in [0.29, 0.717) is 25.9 Å². The van der Waals surface area contributed by atoms with Crippen molar-refractivity contribution in [3.8, 4) is 0 Å². The quantitative estimate of drug-likeness (QED) is 0.809. The number of sulfonamides is 1. The van der Waals surface area contributed by atoms with E-state index in [4.69, 9.17) is 0 Å². The maximum atomic E-state index is 13.0. The third-order valence-electron chi connectivity index (χ3n) is 5.38. The van der Waals surface area contributed by atoms with Crippen LogP contribution in [-0.4, -0.2) is 37.5 Å². The van der Waals surface area contributed by atoms with Crippen molar-refractivity contribution < 1.29 is 13.2 Å². The van der Waals surface area contributed by atoms with Gasteiger partial charge < -0.3 is 5.32 Å². The van der Waals surface area contributed by atoms with E-state index in [1.807, 2.05) is 55.5 Å². The Bertz CT molecular complexity index is 904. The van der Waals surface area contributed by atoms with Crippen molar-refractivity contribution in [3.63, 3.8) is 0 Å². The molecular weight excluding hydrogens is 372 g/mol. The van der Waals surface area contributed by atoms with Crippen LogP contribution in [0.15, 0.2) is 54.6 Å². The Morgan fingerprint density at radius 2 is 1.71 bits per heavy atom. The number of nitrogens with zero attached hydrogens (tertiary/aromatic N) is 1. The predicted molar refractivity (Wildman–Crippen MR) is 111 cm³/mol. The van der Waals surface area contributed by atoms with E-state index in [-0.39, 0.29) is 23.6 Å². The Labute approximate surface area is 167 Å². The first-order valence-corrected chi connectivity index (χ1v) is 11.4. The fourth-order valence-corrected chi connectivity index (χ4v) is 4.83. The number of aryl methyl sites for hydroxylation is 1. The summed E-state index contributed by atoms with van der Waals surface area (Å²) in [5, 5.41) is 3.21. The Kier molecular flexibility index (Phi) is 6.52. The summed E-state index contributed by atoms with van der Waals surface area (Å²) in [5.41, 5.74) is 3.23. The molecule has 1 heterocycles. The highest BCUT2D eigenvalue weighted by molar-refractivity contribution is 7.89. The van der Waals surface area contributed by atoms with Crippen LogP contribution >= 0.6 is 0 Å². The standard InChI is InChI=1S/C22H28N2O3S/c1-3-28(26,27)24-14-12-19(13-15-24)22(25)23-21(18-9-5-4-6-10-18)20-11-7-8-17(2)16-20/h4-11,16,19,21H,3,12-15H2,1-2H3,(H,23,25)/t21-/m0/s1. The van der Waals surface area contributed by atoms with E-state index in [1.165, 1.54) is 4.31 Å². The van der Waals surface area contributed by atoms with Crippen LogP contribution in [0.5, 0.6) is 0 Å². The van der Waals surface area contributed by atoms with Gasteiger partial charge in [0.15, 0.2) is 0 Å². The molecule has 3 rings (SSSR count). The SMILES string of the molecule is CCS(=O)(=O)N1CCC(C(=O)N[C@@H](c2ccccc2)c2cccc(C)c2)CC1. The summed E-state index contributed by atoms with van der Waals surface area (Å²) in [7, 11) is -3.18. The molecule has 0 bridgehead atoms. The van der Waals surface area contributed by atoms with Gasteiger partial charge in [-0.1, -0.05) is 60.2 Å². The molecule has 0 unspecified atom stereocenters. The summed E-state index contributed by atoms with van der Waals surface area (Å²) in [6.45, 7) is 4.51. The summed E-state index contributed by atoms with van der Waals surface area (Å²) < 4.78 is 25.6. The normalized spacial score (nSPS) is 17.2. The molecule has 0 saturated carbocycles. The third-order valence-corrected chi connectivity index (χ3v) is 7.26. The summed E-state index contributed by atoms with van der Waals surface area (Å²) >= 11 is 0. The average Bonchev–Trinajstić information content (AvgIpc) is 2.72. The van der Waals surface area contributed by atoms with Gasteiger partial charge in [-0.15, -0.1) is 0 Å². The van der Waals surface area contributed by atoms with Crippen molar-refractivity contribution in [1.29, 1.82) is 0 Å². The van der Waals surface area contributed by atoms with Crippen molar-refractivity contribution in [1.82, 2.24) is 9.62 Å². The van der Waals surface area contributed by atoms with Gasteiger partial charge >= 0.3 is 0 Å². The third kappa shape index (κ3) is 4.80. The zero-order valence-electron chi connectivity index (χ0n) is 16.5. The van der Waals surface area contributed by atoms with Gasteiger partial charge in [0.05, 0.1) is 11.8 Å². The molecule has 5 nitrogen and oxygen atoms in total. The molecule has 1 N–H and O–H groups in total. The summed E-state index contributed by atoms with van der Waals surface area (Å²) in [6.07, 6.45) is 1.11. The van der Waals surface area contributed by atoms with Crippen LogP contribution in [0.1, 0.15) is 42.5 Å². The zero-order valence-corrected chi connectivity index (χ0v) is 17.3. The second kappa shape index (κ2) is 8.88. The fourth-order valence-electron chi connectivity index (χ4n) is 3.69. The smallest absolute Gasteiger partial charge is 0.223 e. The highest BCUT2D eigenvalue weighted by Gasteiger charge is 2.31. The van der Waals surface area contributed by atoms with Crippen LogP contribution in [0, 0.1) is 12.8 Å². The fraction of sp³-hybridized carbons (Fsp3) is 0.409. The lowest BCUT2D eigenvalue weighted by molar-refractivity contribution is -0.126. The minimum atomic E-state index is -3.18. The lowest BCUT2D eigenvalue weighted by Crippen LogP contribution is -2.44. The summed E-state index contributed by atoms with van der Waals surface area (Å²) in [5.74, 6) is -0.0731. The molecule has 6 heteroatoms. The number of benzene rings is 2. The number of nitrogens with one attached hydrogen (secondary N) is 1. The van der Waals surface area contributed by atoms with Crippen LogP contribution in [0.3, 0.4) is 0 Å². The predicted octanol–water partition coefficient (Wildman–Crippen LogP) is 3.26. The van der Waals surface area contributed by atoms with Gasteiger partial charge in [-0.25, -0.2) is 12.7 Å². The molecule has 0 aliphatic carbocycles. The average molecular weight is 401 g/mol. The molecule has 0 aromatic heterocycles. The Hall–Kier alpha value is -2.18. The first-order valence-electron chi connectivity index (χ1n) is 9.80. The number of piperidine rings is 1. The van der Waals surface area contributed by atoms with Crippen LogP contribution < -0.4 is 5.32 Å². The lowest BCUT2D eigenvalue weighted by atomic mass is 9.93. The number of hydrogen-bond donors (Lipinski definition) is 1. The van der Waals surface area contributed by atoms with Crippen LogP contribution in [0.25, 0.3) is 0 Å². The van der Waals surface area contributed by atoms with Crippen LogP contribution in [0.2, 0.25) is 0 Å². The molecule has 1 fully saturated rings. The molecular formula is C22H28N2O3S. The molecule has 1 saturated heterocycles. The molecule has 0 spiro atoms. The van der Waals surface area contributed by atoms with E-state index in [0.717, 1.165) is 16.7 Å². The van der Waals surface area contributed by atoms with Crippen molar-refractivity contribution in [2.45, 2.75) is 32.7 Å². The van der Waals surface area contributed by atoms with Gasteiger partial charge in [-0.2, -0.15) is 0 Å². The van der Waals surface area contributed by atoms with Crippen LogP contribution in [-0.2, 0) is 14.8 Å². The second-order valence-electron chi connectivity index (χ2n) is 7.34. The molecule has 1 amide bonds. The first-order chi connectivity index (χ1) is 13.4. The topological polar surface area (TPSA) is 66.5 Å². The number of carbonyl (C=O) groups is 1. The molecule has 2 aromatic rings. The Morgan fingerprint density at radius 3 is 2.32 bits per heavy atom.